The van der Waals surface area contributed by atoms with Crippen molar-refractivity contribution in [3.8, 4) is 11.5 Å². The predicted molar refractivity (Wildman–Crippen MR) is 137 cm³/mol. The van der Waals surface area contributed by atoms with Crippen LogP contribution in [0.1, 0.15) is 54.7 Å². The van der Waals surface area contributed by atoms with Crippen LogP contribution in [0.25, 0.3) is 11.0 Å². The zero-order valence-electron chi connectivity index (χ0n) is 21.4. The van der Waals surface area contributed by atoms with Crippen molar-refractivity contribution in [2.24, 2.45) is 5.92 Å². The Hall–Kier alpha value is -3.06. The quantitative estimate of drug-likeness (QED) is 0.400. The lowest BCUT2D eigenvalue weighted by atomic mass is 9.90. The molecule has 0 radical (unpaired) electrons. The number of methoxy groups -OCH3 is 2. The number of fused-ring (bicyclic) bond motifs is 1. The summed E-state index contributed by atoms with van der Waals surface area (Å²) in [7, 11) is 3.24. The fourth-order valence-corrected chi connectivity index (χ4v) is 5.11. The molecule has 7 heteroatoms. The highest BCUT2D eigenvalue weighted by Gasteiger charge is 2.23. The van der Waals surface area contributed by atoms with Crippen LogP contribution in [-0.4, -0.2) is 61.3 Å². The standard InChI is InChI=1S/C28H37N3O4/c1-5-31(6-2)28(32)22-10-8-7-9-21(22)19-30-17-15-20(16-18-30)11-13-24-23-12-14-25(33-3)27(34-4)26(23)35-29-24/h7-10,12,14,20H,5-6,11,13,15-19H2,1-4H3. The van der Waals surface area contributed by atoms with Gasteiger partial charge in [-0.05, 0) is 82.3 Å². The predicted octanol–water partition coefficient (Wildman–Crippen LogP) is 5.17. The molecule has 1 aromatic heterocycles. The highest BCUT2D eigenvalue weighted by molar-refractivity contribution is 5.95. The molecule has 0 saturated carbocycles. The molecule has 0 N–H and O–H groups in total. The maximum absolute atomic E-state index is 13.0. The van der Waals surface area contributed by atoms with Crippen molar-refractivity contribution in [3.05, 3.63) is 53.2 Å². The number of nitrogens with zero attached hydrogens (tertiary/aromatic N) is 3. The van der Waals surface area contributed by atoms with E-state index in [9.17, 15) is 4.79 Å². The third kappa shape index (κ3) is 5.45. The number of hydrogen-bond donors (Lipinski definition) is 0. The van der Waals surface area contributed by atoms with E-state index in [4.69, 9.17) is 14.0 Å². The summed E-state index contributed by atoms with van der Waals surface area (Å²) in [5.41, 5.74) is 3.59. The third-order valence-corrected chi connectivity index (χ3v) is 7.25. The van der Waals surface area contributed by atoms with Gasteiger partial charge >= 0.3 is 0 Å². The van der Waals surface area contributed by atoms with Crippen molar-refractivity contribution < 1.29 is 18.8 Å². The average Bonchev–Trinajstić information content (AvgIpc) is 3.31. The van der Waals surface area contributed by atoms with Crippen LogP contribution in [0.4, 0.5) is 0 Å². The first-order chi connectivity index (χ1) is 17.1. The normalized spacial score (nSPS) is 14.9. The minimum Gasteiger partial charge on any atom is -0.493 e. The van der Waals surface area contributed by atoms with Gasteiger partial charge in [0.25, 0.3) is 5.91 Å². The number of rotatable bonds is 10. The molecule has 7 nitrogen and oxygen atoms in total. The molecule has 35 heavy (non-hydrogen) atoms. The number of aromatic nitrogens is 1. The largest absolute Gasteiger partial charge is 0.493 e. The van der Waals surface area contributed by atoms with Crippen LogP contribution in [0.2, 0.25) is 0 Å². The third-order valence-electron chi connectivity index (χ3n) is 7.25. The molecule has 1 amide bonds. The van der Waals surface area contributed by atoms with Gasteiger partial charge in [-0.3, -0.25) is 9.69 Å². The first-order valence-electron chi connectivity index (χ1n) is 12.7. The number of aryl methyl sites for hydroxylation is 1. The Balaban J connectivity index is 1.33. The lowest BCUT2D eigenvalue weighted by Crippen LogP contribution is -2.35. The number of likely N-dealkylation sites (tertiary alicyclic amines) is 1. The molecule has 1 fully saturated rings. The van der Waals surface area contributed by atoms with Crippen molar-refractivity contribution in [1.29, 1.82) is 0 Å². The molecule has 1 aliphatic rings. The van der Waals surface area contributed by atoms with Crippen LogP contribution >= 0.6 is 0 Å². The van der Waals surface area contributed by atoms with E-state index in [1.54, 1.807) is 14.2 Å². The Morgan fingerprint density at radius 2 is 1.83 bits per heavy atom. The van der Waals surface area contributed by atoms with Gasteiger partial charge < -0.3 is 18.9 Å². The van der Waals surface area contributed by atoms with Crippen LogP contribution < -0.4 is 9.47 Å². The number of benzene rings is 2. The minimum atomic E-state index is 0.134. The Bertz CT molecular complexity index is 1130. The van der Waals surface area contributed by atoms with Gasteiger partial charge in [-0.1, -0.05) is 23.4 Å². The Morgan fingerprint density at radius 1 is 1.09 bits per heavy atom. The highest BCUT2D eigenvalue weighted by Crippen LogP contribution is 2.37. The van der Waals surface area contributed by atoms with Crippen molar-refractivity contribution in [3.63, 3.8) is 0 Å². The lowest BCUT2D eigenvalue weighted by Gasteiger charge is -2.32. The van der Waals surface area contributed by atoms with Crippen molar-refractivity contribution >= 4 is 16.9 Å². The van der Waals surface area contributed by atoms with E-state index in [0.29, 0.717) is 23.0 Å². The number of amides is 1. The average molecular weight is 480 g/mol. The van der Waals surface area contributed by atoms with Gasteiger partial charge in [0, 0.05) is 30.6 Å². The van der Waals surface area contributed by atoms with Gasteiger partial charge in [-0.15, -0.1) is 0 Å². The van der Waals surface area contributed by atoms with Crippen LogP contribution in [0.5, 0.6) is 11.5 Å². The first kappa shape index (κ1) is 25.0. The number of hydrogen-bond acceptors (Lipinski definition) is 6. The summed E-state index contributed by atoms with van der Waals surface area (Å²) in [4.78, 5) is 17.3. The molecule has 0 aliphatic carbocycles. The second-order valence-electron chi connectivity index (χ2n) is 9.20. The van der Waals surface area contributed by atoms with Crippen LogP contribution in [0.15, 0.2) is 40.9 Å². The summed E-state index contributed by atoms with van der Waals surface area (Å²) in [6.07, 6.45) is 4.27. The van der Waals surface area contributed by atoms with Crippen LogP contribution in [0, 0.1) is 5.92 Å². The molecular formula is C28H37N3O4. The summed E-state index contributed by atoms with van der Waals surface area (Å²) >= 11 is 0. The van der Waals surface area contributed by atoms with Gasteiger partial charge in [0.2, 0.25) is 11.3 Å². The van der Waals surface area contributed by atoms with Crippen LogP contribution in [-0.2, 0) is 13.0 Å². The first-order valence-corrected chi connectivity index (χ1v) is 12.7. The fourth-order valence-electron chi connectivity index (χ4n) is 5.11. The molecule has 0 atom stereocenters. The second-order valence-corrected chi connectivity index (χ2v) is 9.20. The lowest BCUT2D eigenvalue weighted by molar-refractivity contribution is 0.0769. The smallest absolute Gasteiger partial charge is 0.254 e. The van der Waals surface area contributed by atoms with Crippen LogP contribution in [0.3, 0.4) is 0 Å². The second kappa shape index (κ2) is 11.6. The zero-order chi connectivity index (χ0) is 24.8. The fraction of sp³-hybridized carbons (Fsp3) is 0.500. The van der Waals surface area contributed by atoms with E-state index in [1.807, 2.05) is 49.1 Å². The minimum absolute atomic E-state index is 0.134. The van der Waals surface area contributed by atoms with E-state index in [1.165, 1.54) is 0 Å². The summed E-state index contributed by atoms with van der Waals surface area (Å²) in [6.45, 7) is 8.44. The molecule has 2 heterocycles. The monoisotopic (exact) mass is 479 g/mol. The summed E-state index contributed by atoms with van der Waals surface area (Å²) in [5, 5.41) is 5.33. The van der Waals surface area contributed by atoms with E-state index in [2.05, 4.69) is 16.1 Å². The molecule has 1 saturated heterocycles. The van der Waals surface area contributed by atoms with Crippen molar-refractivity contribution in [1.82, 2.24) is 15.0 Å². The molecule has 0 spiro atoms. The van der Waals surface area contributed by atoms with E-state index < -0.39 is 0 Å². The number of ether oxygens (including phenoxy) is 2. The van der Waals surface area contributed by atoms with Gasteiger partial charge in [0.05, 0.1) is 19.9 Å². The van der Waals surface area contributed by atoms with Crippen molar-refractivity contribution in [2.75, 3.05) is 40.4 Å². The maximum Gasteiger partial charge on any atom is 0.254 e. The number of carbonyl (C=O) groups excluding carboxylic acids is 1. The maximum atomic E-state index is 13.0. The van der Waals surface area contributed by atoms with E-state index in [-0.39, 0.29) is 5.91 Å². The molecule has 3 aromatic rings. The number of piperidine rings is 1. The van der Waals surface area contributed by atoms with Gasteiger partial charge in [0.1, 0.15) is 0 Å². The summed E-state index contributed by atoms with van der Waals surface area (Å²) in [5.74, 6) is 2.03. The Labute approximate surface area is 208 Å². The van der Waals surface area contributed by atoms with Gasteiger partial charge in [0.15, 0.2) is 5.75 Å². The molecule has 0 unspecified atom stereocenters. The molecule has 4 rings (SSSR count). The molecule has 2 aromatic carbocycles. The van der Waals surface area contributed by atoms with Gasteiger partial charge in [-0.2, -0.15) is 0 Å². The van der Waals surface area contributed by atoms with E-state index in [0.717, 1.165) is 80.6 Å². The van der Waals surface area contributed by atoms with E-state index >= 15 is 0 Å². The molecule has 1 aliphatic heterocycles. The SMILES string of the molecule is CCN(CC)C(=O)c1ccccc1CN1CCC(CCc2noc3c(OC)c(OC)ccc23)CC1. The Kier molecular flexibility index (Phi) is 8.29. The van der Waals surface area contributed by atoms with Gasteiger partial charge in [-0.25, -0.2) is 0 Å². The summed E-state index contributed by atoms with van der Waals surface area (Å²) < 4.78 is 16.5. The zero-order valence-corrected chi connectivity index (χ0v) is 21.4. The molecular weight excluding hydrogens is 442 g/mol. The van der Waals surface area contributed by atoms with Crippen molar-refractivity contribution in [2.45, 2.75) is 46.1 Å². The topological polar surface area (TPSA) is 68.0 Å². The highest BCUT2D eigenvalue weighted by atomic mass is 16.5. The molecule has 0 bridgehead atoms. The number of carbonyl (C=O) groups is 1. The molecule has 188 valence electrons. The summed E-state index contributed by atoms with van der Waals surface area (Å²) in [6, 6.07) is 12.0. The Morgan fingerprint density at radius 3 is 2.51 bits per heavy atom.